The highest BCUT2D eigenvalue weighted by Gasteiger charge is 2.18. The molecule has 0 spiro atoms. The number of hydrogen-bond donors (Lipinski definition) is 2. The summed E-state index contributed by atoms with van der Waals surface area (Å²) in [4.78, 5) is 13.4. The van der Waals surface area contributed by atoms with Crippen LogP contribution in [0, 0.1) is 12.3 Å². The van der Waals surface area contributed by atoms with E-state index >= 15 is 0 Å². The summed E-state index contributed by atoms with van der Waals surface area (Å²) >= 11 is 0. The van der Waals surface area contributed by atoms with Crippen molar-refractivity contribution in [3.05, 3.63) is 120 Å². The molecule has 0 saturated carbocycles. The fourth-order valence-corrected chi connectivity index (χ4v) is 3.79. The zero-order valence-electron chi connectivity index (χ0n) is 18.9. The number of carbonyl (C=O) groups is 1. The number of aryl methyl sites for hydroxylation is 1. The third-order valence-corrected chi connectivity index (χ3v) is 5.58. The maximum Gasteiger partial charge on any atom is 0.339 e. The number of benzene rings is 4. The molecule has 0 aliphatic carbocycles. The summed E-state index contributed by atoms with van der Waals surface area (Å²) in [6, 6.07) is 32.8. The van der Waals surface area contributed by atoms with Crippen molar-refractivity contribution in [2.24, 2.45) is 0 Å². The number of carboxylic acids is 1. The summed E-state index contributed by atoms with van der Waals surface area (Å²) in [6.45, 7) is 2.43. The van der Waals surface area contributed by atoms with Gasteiger partial charge in [-0.15, -0.1) is 0 Å². The number of hydrogen-bond acceptors (Lipinski definition) is 3. The number of rotatable bonds is 8. The van der Waals surface area contributed by atoms with Crippen molar-refractivity contribution in [1.29, 1.82) is 5.41 Å². The second kappa shape index (κ2) is 10.5. The molecule has 0 heterocycles. The summed E-state index contributed by atoms with van der Waals surface area (Å²) < 4.78 is 5.79. The normalized spacial score (nSPS) is 10.5. The van der Waals surface area contributed by atoms with Gasteiger partial charge in [-0.25, -0.2) is 4.79 Å². The molecule has 4 rings (SSSR count). The lowest BCUT2D eigenvalue weighted by Crippen LogP contribution is -2.34. The van der Waals surface area contributed by atoms with Crippen LogP contribution in [0.15, 0.2) is 103 Å². The van der Waals surface area contributed by atoms with Gasteiger partial charge in [0.05, 0.1) is 0 Å². The molecule has 2 N–H and O–H groups in total. The Balaban J connectivity index is 1.63. The van der Waals surface area contributed by atoms with Crippen LogP contribution >= 0.6 is 0 Å². The predicted molar refractivity (Wildman–Crippen MR) is 136 cm³/mol. The number of nitrogens with one attached hydrogen (secondary N) is 1. The van der Waals surface area contributed by atoms with E-state index in [0.29, 0.717) is 6.54 Å². The van der Waals surface area contributed by atoms with E-state index in [9.17, 15) is 9.90 Å². The number of para-hydroxylation sites is 1. The number of anilines is 1. The average molecular weight is 451 g/mol. The number of ether oxygens (including phenoxy) is 1. The van der Waals surface area contributed by atoms with Crippen molar-refractivity contribution >= 4 is 17.5 Å². The molecule has 0 amide bonds. The van der Waals surface area contributed by atoms with Crippen LogP contribution in [0.3, 0.4) is 0 Å². The first kappa shape index (κ1) is 22.8. The van der Waals surface area contributed by atoms with Crippen LogP contribution in [-0.4, -0.2) is 23.5 Å². The summed E-state index contributed by atoms with van der Waals surface area (Å²) in [5.41, 5.74) is 5.36. The van der Waals surface area contributed by atoms with Gasteiger partial charge < -0.3 is 14.7 Å². The molecule has 0 fully saturated rings. The average Bonchev–Trinajstić information content (AvgIpc) is 2.87. The first-order valence-electron chi connectivity index (χ1n) is 11.0. The van der Waals surface area contributed by atoms with Gasteiger partial charge in [-0.2, -0.15) is 0 Å². The number of amidine groups is 1. The molecule has 0 saturated heterocycles. The van der Waals surface area contributed by atoms with Gasteiger partial charge in [-0.05, 0) is 47.9 Å². The highest BCUT2D eigenvalue weighted by atomic mass is 16.5. The maximum absolute atomic E-state index is 11.5. The van der Waals surface area contributed by atoms with E-state index in [4.69, 9.17) is 10.1 Å². The van der Waals surface area contributed by atoms with E-state index in [-0.39, 0.29) is 23.8 Å². The first-order valence-corrected chi connectivity index (χ1v) is 11.0. The molecule has 0 aliphatic heterocycles. The molecule has 0 aromatic heterocycles. The van der Waals surface area contributed by atoms with Crippen molar-refractivity contribution in [2.75, 3.05) is 11.5 Å². The Morgan fingerprint density at radius 3 is 2.24 bits per heavy atom. The summed E-state index contributed by atoms with van der Waals surface area (Å²) in [7, 11) is 0. The highest BCUT2D eigenvalue weighted by Crippen LogP contribution is 2.27. The highest BCUT2D eigenvalue weighted by molar-refractivity contribution is 5.97. The lowest BCUT2D eigenvalue weighted by Gasteiger charge is -2.27. The molecule has 0 unspecified atom stereocenters. The molecule has 4 aromatic carbocycles. The number of nitrogens with zero attached hydrogens (tertiary/aromatic N) is 1. The molecule has 0 aliphatic rings. The van der Waals surface area contributed by atoms with Gasteiger partial charge in [-0.1, -0.05) is 84.4 Å². The fraction of sp³-hybridized carbons (Fsp3) is 0.103. The van der Waals surface area contributed by atoms with Gasteiger partial charge in [0.25, 0.3) is 0 Å². The molecule has 5 heteroatoms. The summed E-state index contributed by atoms with van der Waals surface area (Å²) in [5, 5.41) is 18.3. The second-order valence-electron chi connectivity index (χ2n) is 7.98. The van der Waals surface area contributed by atoms with E-state index in [0.717, 1.165) is 27.9 Å². The SMILES string of the molecule is Cc1ccc(N(Cc2ccccc2-c2ccccc2)C(=N)COc2ccccc2C(=O)O)cc1. The Bertz CT molecular complexity index is 1280. The molecule has 5 nitrogen and oxygen atoms in total. The Labute approximate surface area is 199 Å². The molecule has 0 radical (unpaired) electrons. The Hall–Kier alpha value is -4.38. The number of carboxylic acid groups (broad SMARTS) is 1. The lowest BCUT2D eigenvalue weighted by molar-refractivity contribution is 0.0693. The van der Waals surface area contributed by atoms with E-state index in [1.165, 1.54) is 6.07 Å². The van der Waals surface area contributed by atoms with Gasteiger partial charge in [0, 0.05) is 12.2 Å². The first-order chi connectivity index (χ1) is 16.5. The van der Waals surface area contributed by atoms with Gasteiger partial charge in [0.2, 0.25) is 0 Å². The molecule has 34 heavy (non-hydrogen) atoms. The maximum atomic E-state index is 11.5. The minimum absolute atomic E-state index is 0.0638. The van der Waals surface area contributed by atoms with Gasteiger partial charge in [0.15, 0.2) is 0 Å². The molecular formula is C29H26N2O3. The van der Waals surface area contributed by atoms with Crippen LogP contribution in [0.25, 0.3) is 11.1 Å². The molecule has 0 atom stereocenters. The number of aromatic carboxylic acids is 1. The van der Waals surface area contributed by atoms with Crippen LogP contribution in [0.2, 0.25) is 0 Å². The quantitative estimate of drug-likeness (QED) is 0.240. The largest absolute Gasteiger partial charge is 0.485 e. The van der Waals surface area contributed by atoms with Gasteiger partial charge >= 0.3 is 5.97 Å². The smallest absolute Gasteiger partial charge is 0.339 e. The van der Waals surface area contributed by atoms with Crippen molar-refractivity contribution in [1.82, 2.24) is 0 Å². The van der Waals surface area contributed by atoms with Crippen LogP contribution in [0.4, 0.5) is 5.69 Å². The van der Waals surface area contributed by atoms with Crippen molar-refractivity contribution in [3.63, 3.8) is 0 Å². The minimum atomic E-state index is -1.06. The van der Waals surface area contributed by atoms with E-state index in [1.54, 1.807) is 18.2 Å². The third-order valence-electron chi connectivity index (χ3n) is 5.58. The second-order valence-corrected chi connectivity index (χ2v) is 7.98. The summed E-state index contributed by atoms with van der Waals surface area (Å²) in [6.07, 6.45) is 0. The van der Waals surface area contributed by atoms with Crippen LogP contribution < -0.4 is 9.64 Å². The van der Waals surface area contributed by atoms with E-state index in [2.05, 4.69) is 24.3 Å². The van der Waals surface area contributed by atoms with Crippen LogP contribution in [-0.2, 0) is 6.54 Å². The van der Waals surface area contributed by atoms with Crippen LogP contribution in [0.5, 0.6) is 5.75 Å². The summed E-state index contributed by atoms with van der Waals surface area (Å²) in [5.74, 6) is -0.588. The van der Waals surface area contributed by atoms with Crippen molar-refractivity contribution < 1.29 is 14.6 Å². The molecule has 170 valence electrons. The zero-order valence-corrected chi connectivity index (χ0v) is 18.9. The molecular weight excluding hydrogens is 424 g/mol. The topological polar surface area (TPSA) is 73.6 Å². The van der Waals surface area contributed by atoms with E-state index < -0.39 is 5.97 Å². The Morgan fingerprint density at radius 1 is 0.853 bits per heavy atom. The third kappa shape index (κ3) is 5.33. The van der Waals surface area contributed by atoms with Gasteiger partial charge in [-0.3, -0.25) is 5.41 Å². The van der Waals surface area contributed by atoms with Crippen molar-refractivity contribution in [2.45, 2.75) is 13.5 Å². The van der Waals surface area contributed by atoms with Crippen LogP contribution in [0.1, 0.15) is 21.5 Å². The Morgan fingerprint density at radius 2 is 1.50 bits per heavy atom. The standard InChI is InChI=1S/C29H26N2O3/c1-21-15-17-24(18-16-21)31(28(30)20-34-27-14-8-7-13-26(27)29(32)33)19-23-11-5-6-12-25(23)22-9-3-2-4-10-22/h2-18,30H,19-20H2,1H3,(H,32,33). The van der Waals surface area contributed by atoms with Gasteiger partial charge in [0.1, 0.15) is 23.8 Å². The Kier molecular flexibility index (Phi) is 7.04. The van der Waals surface area contributed by atoms with Crippen molar-refractivity contribution in [3.8, 4) is 16.9 Å². The molecule has 0 bridgehead atoms. The minimum Gasteiger partial charge on any atom is -0.485 e. The predicted octanol–water partition coefficient (Wildman–Crippen LogP) is 6.42. The fourth-order valence-electron chi connectivity index (χ4n) is 3.79. The monoisotopic (exact) mass is 450 g/mol. The lowest BCUT2D eigenvalue weighted by atomic mass is 9.99. The zero-order chi connectivity index (χ0) is 23.9. The molecule has 4 aromatic rings. The van der Waals surface area contributed by atoms with E-state index in [1.807, 2.05) is 66.4 Å².